The Morgan fingerprint density at radius 3 is 2.75 bits per heavy atom. The molecular weight excluding hydrogens is 250 g/mol. The lowest BCUT2D eigenvalue weighted by molar-refractivity contribution is 0.328. The van der Waals surface area contributed by atoms with Gasteiger partial charge >= 0.3 is 0 Å². The van der Waals surface area contributed by atoms with Gasteiger partial charge in [-0.2, -0.15) is 0 Å². The normalized spacial score (nSPS) is 13.1. The van der Waals surface area contributed by atoms with Crippen molar-refractivity contribution in [1.29, 1.82) is 0 Å². The molecule has 0 atom stereocenters. The topological polar surface area (TPSA) is 60.2 Å². The highest BCUT2D eigenvalue weighted by Crippen LogP contribution is 2.24. The maximum absolute atomic E-state index is 5.45. The van der Waals surface area contributed by atoms with Gasteiger partial charge in [-0.25, -0.2) is 4.98 Å². The number of nitrogens with zero attached hydrogens (tertiary/aromatic N) is 1. The standard InChI is InChI=1S/C16H19N3O/c17-10-11-20-14-7-5-13(6-8-14)18-16-9-4-12-2-1-3-15(12)19-16/h4-9H,1-3,10-11,17H2,(H,18,19). The first-order valence-electron chi connectivity index (χ1n) is 7.04. The van der Waals surface area contributed by atoms with Gasteiger partial charge in [0.05, 0.1) is 0 Å². The Morgan fingerprint density at radius 1 is 1.10 bits per heavy atom. The molecule has 2 aromatic rings. The summed E-state index contributed by atoms with van der Waals surface area (Å²) in [4.78, 5) is 4.66. The van der Waals surface area contributed by atoms with E-state index < -0.39 is 0 Å². The van der Waals surface area contributed by atoms with E-state index in [9.17, 15) is 0 Å². The molecule has 4 heteroatoms. The van der Waals surface area contributed by atoms with Crippen molar-refractivity contribution in [3.05, 3.63) is 47.7 Å². The van der Waals surface area contributed by atoms with E-state index in [4.69, 9.17) is 10.5 Å². The molecule has 1 heterocycles. The van der Waals surface area contributed by atoms with Gasteiger partial charge < -0.3 is 15.8 Å². The Morgan fingerprint density at radius 2 is 1.95 bits per heavy atom. The first kappa shape index (κ1) is 12.9. The monoisotopic (exact) mass is 269 g/mol. The van der Waals surface area contributed by atoms with Crippen LogP contribution in [0.15, 0.2) is 36.4 Å². The second-order valence-corrected chi connectivity index (χ2v) is 4.94. The molecule has 104 valence electrons. The Kier molecular flexibility index (Phi) is 3.83. The van der Waals surface area contributed by atoms with E-state index in [-0.39, 0.29) is 0 Å². The van der Waals surface area contributed by atoms with E-state index in [1.54, 1.807) is 0 Å². The number of ether oxygens (including phenoxy) is 1. The Bertz CT molecular complexity index is 581. The average molecular weight is 269 g/mol. The van der Waals surface area contributed by atoms with Crippen LogP contribution in [0.25, 0.3) is 0 Å². The number of aromatic nitrogens is 1. The van der Waals surface area contributed by atoms with Crippen LogP contribution in [0.3, 0.4) is 0 Å². The second kappa shape index (κ2) is 5.92. The number of nitrogens with one attached hydrogen (secondary N) is 1. The summed E-state index contributed by atoms with van der Waals surface area (Å²) in [5.41, 5.74) is 9.04. The number of hydrogen-bond acceptors (Lipinski definition) is 4. The smallest absolute Gasteiger partial charge is 0.130 e. The summed E-state index contributed by atoms with van der Waals surface area (Å²) in [5.74, 6) is 1.74. The zero-order valence-electron chi connectivity index (χ0n) is 11.4. The van der Waals surface area contributed by atoms with Crippen molar-refractivity contribution in [2.75, 3.05) is 18.5 Å². The molecule has 3 rings (SSSR count). The third kappa shape index (κ3) is 2.91. The van der Waals surface area contributed by atoms with Gasteiger partial charge in [0.1, 0.15) is 18.2 Å². The van der Waals surface area contributed by atoms with Crippen LogP contribution in [-0.2, 0) is 12.8 Å². The highest BCUT2D eigenvalue weighted by atomic mass is 16.5. The van der Waals surface area contributed by atoms with E-state index in [1.807, 2.05) is 30.3 Å². The fourth-order valence-electron chi connectivity index (χ4n) is 2.45. The lowest BCUT2D eigenvalue weighted by Crippen LogP contribution is -2.10. The molecule has 20 heavy (non-hydrogen) atoms. The molecule has 0 aliphatic heterocycles. The molecule has 1 aliphatic carbocycles. The third-order valence-corrected chi connectivity index (χ3v) is 3.44. The van der Waals surface area contributed by atoms with Crippen molar-refractivity contribution in [2.24, 2.45) is 5.73 Å². The first-order chi connectivity index (χ1) is 9.85. The minimum atomic E-state index is 0.527. The molecule has 0 fully saturated rings. The van der Waals surface area contributed by atoms with Gasteiger partial charge in [0, 0.05) is 17.9 Å². The van der Waals surface area contributed by atoms with Crippen LogP contribution < -0.4 is 15.8 Å². The zero-order chi connectivity index (χ0) is 13.8. The molecule has 0 bridgehead atoms. The lowest BCUT2D eigenvalue weighted by atomic mass is 10.2. The van der Waals surface area contributed by atoms with Gasteiger partial charge in [0.25, 0.3) is 0 Å². The molecule has 0 spiro atoms. The van der Waals surface area contributed by atoms with Crippen LogP contribution in [0.2, 0.25) is 0 Å². The number of pyridine rings is 1. The highest BCUT2D eigenvalue weighted by Gasteiger charge is 2.12. The van der Waals surface area contributed by atoms with Crippen molar-refractivity contribution in [2.45, 2.75) is 19.3 Å². The van der Waals surface area contributed by atoms with Gasteiger partial charge in [-0.15, -0.1) is 0 Å². The minimum absolute atomic E-state index is 0.527. The minimum Gasteiger partial charge on any atom is -0.492 e. The van der Waals surface area contributed by atoms with Crippen molar-refractivity contribution in [3.63, 3.8) is 0 Å². The first-order valence-corrected chi connectivity index (χ1v) is 7.04. The molecule has 1 aromatic heterocycles. The summed E-state index contributed by atoms with van der Waals surface area (Å²) in [6.07, 6.45) is 3.48. The second-order valence-electron chi connectivity index (χ2n) is 4.94. The van der Waals surface area contributed by atoms with E-state index in [0.29, 0.717) is 13.2 Å². The van der Waals surface area contributed by atoms with Crippen LogP contribution in [0.1, 0.15) is 17.7 Å². The molecule has 0 amide bonds. The number of benzene rings is 1. The number of hydrogen-bond donors (Lipinski definition) is 2. The predicted octanol–water partition coefficient (Wildman–Crippen LogP) is 2.65. The van der Waals surface area contributed by atoms with E-state index >= 15 is 0 Å². The fraction of sp³-hybridized carbons (Fsp3) is 0.312. The maximum Gasteiger partial charge on any atom is 0.130 e. The summed E-state index contributed by atoms with van der Waals surface area (Å²) in [7, 11) is 0. The SMILES string of the molecule is NCCOc1ccc(Nc2ccc3c(n2)CCC3)cc1. The molecule has 0 unspecified atom stereocenters. The predicted molar refractivity (Wildman–Crippen MR) is 80.5 cm³/mol. The molecule has 4 nitrogen and oxygen atoms in total. The number of anilines is 2. The summed E-state index contributed by atoms with van der Waals surface area (Å²) in [6, 6.07) is 12.1. The average Bonchev–Trinajstić information content (AvgIpc) is 2.94. The Labute approximate surface area is 119 Å². The van der Waals surface area contributed by atoms with E-state index in [0.717, 1.165) is 30.1 Å². The number of fused-ring (bicyclic) bond motifs is 1. The van der Waals surface area contributed by atoms with E-state index in [2.05, 4.69) is 16.4 Å². The quantitative estimate of drug-likeness (QED) is 0.876. The number of aryl methyl sites for hydroxylation is 2. The third-order valence-electron chi connectivity index (χ3n) is 3.44. The molecule has 0 radical (unpaired) electrons. The van der Waals surface area contributed by atoms with Crippen LogP contribution in [0.5, 0.6) is 5.75 Å². The zero-order valence-corrected chi connectivity index (χ0v) is 11.4. The van der Waals surface area contributed by atoms with Crippen LogP contribution in [0, 0.1) is 0 Å². The van der Waals surface area contributed by atoms with Crippen molar-refractivity contribution in [3.8, 4) is 5.75 Å². The molecule has 3 N–H and O–H groups in total. The maximum atomic E-state index is 5.45. The van der Waals surface area contributed by atoms with Gasteiger partial charge in [-0.05, 0) is 55.2 Å². The van der Waals surface area contributed by atoms with E-state index in [1.165, 1.54) is 17.7 Å². The van der Waals surface area contributed by atoms with Gasteiger partial charge in [0.15, 0.2) is 0 Å². The summed E-state index contributed by atoms with van der Waals surface area (Å²) >= 11 is 0. The summed E-state index contributed by atoms with van der Waals surface area (Å²) in [6.45, 7) is 1.07. The number of rotatable bonds is 5. The van der Waals surface area contributed by atoms with Crippen LogP contribution in [-0.4, -0.2) is 18.1 Å². The van der Waals surface area contributed by atoms with Crippen molar-refractivity contribution >= 4 is 11.5 Å². The van der Waals surface area contributed by atoms with Crippen LogP contribution >= 0.6 is 0 Å². The molecule has 1 aliphatic rings. The van der Waals surface area contributed by atoms with Gasteiger partial charge in [-0.3, -0.25) is 0 Å². The molecule has 0 saturated heterocycles. The highest BCUT2D eigenvalue weighted by molar-refractivity contribution is 5.57. The summed E-state index contributed by atoms with van der Waals surface area (Å²) < 4.78 is 5.45. The molecule has 0 saturated carbocycles. The fourth-order valence-corrected chi connectivity index (χ4v) is 2.45. The molecular formula is C16H19N3O. The van der Waals surface area contributed by atoms with Gasteiger partial charge in [-0.1, -0.05) is 6.07 Å². The Balaban J connectivity index is 1.68. The Hall–Kier alpha value is -2.07. The van der Waals surface area contributed by atoms with Crippen LogP contribution in [0.4, 0.5) is 11.5 Å². The lowest BCUT2D eigenvalue weighted by Gasteiger charge is -2.09. The largest absolute Gasteiger partial charge is 0.492 e. The van der Waals surface area contributed by atoms with Crippen molar-refractivity contribution in [1.82, 2.24) is 4.98 Å². The summed E-state index contributed by atoms with van der Waals surface area (Å²) in [5, 5.41) is 3.33. The number of nitrogens with two attached hydrogens (primary N) is 1. The van der Waals surface area contributed by atoms with Crippen molar-refractivity contribution < 1.29 is 4.74 Å². The molecule has 1 aromatic carbocycles. The van der Waals surface area contributed by atoms with Gasteiger partial charge in [0.2, 0.25) is 0 Å².